The Hall–Kier alpha value is -2.80. The maximum absolute atomic E-state index is 15.0. The van der Waals surface area contributed by atoms with E-state index in [0.29, 0.717) is 9.13 Å². The van der Waals surface area contributed by atoms with Gasteiger partial charge in [0.2, 0.25) is 10.0 Å². The van der Waals surface area contributed by atoms with Crippen LogP contribution < -0.4 is 15.8 Å². The number of hydrogen-bond acceptors (Lipinski definition) is 4. The lowest BCUT2D eigenvalue weighted by molar-refractivity contribution is 0.100. The van der Waals surface area contributed by atoms with Gasteiger partial charge in [0, 0.05) is 15.7 Å². The lowest BCUT2D eigenvalue weighted by atomic mass is 9.99. The largest absolute Gasteiger partial charge is 0.366 e. The second-order valence-electron chi connectivity index (χ2n) is 7.08. The van der Waals surface area contributed by atoms with E-state index >= 15 is 0 Å². The van der Waals surface area contributed by atoms with Gasteiger partial charge in [-0.05, 0) is 77.0 Å². The number of primary amides is 1. The summed E-state index contributed by atoms with van der Waals surface area (Å²) in [6, 6.07) is 11.3. The summed E-state index contributed by atoms with van der Waals surface area (Å²) >= 11 is 1.89. The highest BCUT2D eigenvalue weighted by Gasteiger charge is 2.22. The molecule has 174 valence electrons. The zero-order valence-corrected chi connectivity index (χ0v) is 20.2. The lowest BCUT2D eigenvalue weighted by Gasteiger charge is -2.16. The number of nitrogens with two attached hydrogens (primary N) is 1. The second-order valence-corrected chi connectivity index (χ2v) is 10.3. The molecule has 33 heavy (non-hydrogen) atoms. The topological polar surface area (TPSA) is 101 Å². The molecule has 3 aromatic rings. The van der Waals surface area contributed by atoms with Crippen molar-refractivity contribution in [1.82, 2.24) is 0 Å². The van der Waals surface area contributed by atoms with Crippen molar-refractivity contribution in [3.8, 4) is 0 Å². The van der Waals surface area contributed by atoms with Crippen molar-refractivity contribution >= 4 is 55.6 Å². The quantitative estimate of drug-likeness (QED) is 0.326. The lowest BCUT2D eigenvalue weighted by Crippen LogP contribution is -2.17. The predicted octanol–water partition coefficient (Wildman–Crippen LogP) is 4.90. The van der Waals surface area contributed by atoms with Crippen LogP contribution in [0.2, 0.25) is 0 Å². The Bertz CT molecular complexity index is 1330. The van der Waals surface area contributed by atoms with Gasteiger partial charge in [0.05, 0.1) is 22.7 Å². The summed E-state index contributed by atoms with van der Waals surface area (Å²) in [7, 11) is -3.52. The van der Waals surface area contributed by atoms with E-state index in [0.717, 1.165) is 6.07 Å². The summed E-state index contributed by atoms with van der Waals surface area (Å²) in [5.74, 6) is -4.51. The highest BCUT2D eigenvalue weighted by atomic mass is 127. The van der Waals surface area contributed by atoms with Crippen molar-refractivity contribution < 1.29 is 26.4 Å². The predicted molar refractivity (Wildman–Crippen MR) is 130 cm³/mol. The number of carbonyl (C=O) groups is 1. The number of anilines is 3. The average Bonchev–Trinajstić information content (AvgIpc) is 2.74. The maximum atomic E-state index is 15.0. The Morgan fingerprint density at radius 2 is 1.79 bits per heavy atom. The molecule has 0 heterocycles. The zero-order valence-electron chi connectivity index (χ0n) is 17.3. The van der Waals surface area contributed by atoms with Crippen LogP contribution in [0.1, 0.15) is 28.4 Å². The highest BCUT2D eigenvalue weighted by molar-refractivity contribution is 14.1. The molecule has 3 aromatic carbocycles. The molecule has 4 N–H and O–H groups in total. The van der Waals surface area contributed by atoms with E-state index in [1.165, 1.54) is 31.2 Å². The summed E-state index contributed by atoms with van der Waals surface area (Å²) in [6.07, 6.45) is -0.150. The van der Waals surface area contributed by atoms with E-state index in [4.69, 9.17) is 5.73 Å². The third-order valence-electron chi connectivity index (χ3n) is 4.71. The molecule has 0 bridgehead atoms. The fourth-order valence-corrected chi connectivity index (χ4v) is 4.15. The average molecular weight is 589 g/mol. The number of rotatable bonds is 8. The first-order valence-corrected chi connectivity index (χ1v) is 12.4. The molecule has 0 fully saturated rings. The highest BCUT2D eigenvalue weighted by Crippen LogP contribution is 2.31. The molecule has 0 aromatic heterocycles. The van der Waals surface area contributed by atoms with Crippen molar-refractivity contribution in [2.45, 2.75) is 13.3 Å². The van der Waals surface area contributed by atoms with Gasteiger partial charge in [0.15, 0.2) is 11.6 Å². The van der Waals surface area contributed by atoms with Crippen LogP contribution in [0.4, 0.5) is 30.2 Å². The molecule has 3 rings (SSSR count). The third-order valence-corrected chi connectivity index (χ3v) is 6.69. The van der Waals surface area contributed by atoms with Gasteiger partial charge in [-0.25, -0.2) is 21.6 Å². The summed E-state index contributed by atoms with van der Waals surface area (Å²) < 4.78 is 70.6. The molecule has 0 spiro atoms. The van der Waals surface area contributed by atoms with Gasteiger partial charge in [-0.15, -0.1) is 0 Å². The first-order chi connectivity index (χ1) is 15.5. The van der Waals surface area contributed by atoms with Crippen molar-refractivity contribution in [1.29, 1.82) is 0 Å². The summed E-state index contributed by atoms with van der Waals surface area (Å²) in [6.45, 7) is 1.48. The van der Waals surface area contributed by atoms with Gasteiger partial charge >= 0.3 is 0 Å². The van der Waals surface area contributed by atoms with Crippen LogP contribution in [-0.4, -0.2) is 20.1 Å². The van der Waals surface area contributed by atoms with Crippen LogP contribution in [0.25, 0.3) is 0 Å². The molecule has 0 aliphatic rings. The summed E-state index contributed by atoms with van der Waals surface area (Å²) in [5.41, 5.74) is 4.84. The molecule has 6 nitrogen and oxygen atoms in total. The molecule has 0 saturated heterocycles. The number of halogens is 4. The molecule has 0 aliphatic carbocycles. The molecule has 0 radical (unpaired) electrons. The molecule has 0 unspecified atom stereocenters. The van der Waals surface area contributed by atoms with Gasteiger partial charge < -0.3 is 11.1 Å². The molecular weight excluding hydrogens is 570 g/mol. The fourth-order valence-electron chi connectivity index (χ4n) is 3.07. The summed E-state index contributed by atoms with van der Waals surface area (Å²) in [5, 5.41) is 2.42. The zero-order chi connectivity index (χ0) is 24.3. The number of benzene rings is 3. The van der Waals surface area contributed by atoms with Crippen LogP contribution in [0, 0.1) is 21.0 Å². The van der Waals surface area contributed by atoms with Crippen molar-refractivity contribution in [2.75, 3.05) is 15.8 Å². The number of sulfonamides is 1. The molecule has 0 aliphatic heterocycles. The third kappa shape index (κ3) is 5.96. The van der Waals surface area contributed by atoms with Crippen LogP contribution in [0.15, 0.2) is 48.5 Å². The molecule has 11 heteroatoms. The monoisotopic (exact) mass is 589 g/mol. The minimum atomic E-state index is -3.52. The van der Waals surface area contributed by atoms with Gasteiger partial charge in [-0.2, -0.15) is 0 Å². The minimum Gasteiger partial charge on any atom is -0.366 e. The van der Waals surface area contributed by atoms with E-state index in [1.807, 2.05) is 22.6 Å². The number of nitrogens with one attached hydrogen (secondary N) is 2. The van der Waals surface area contributed by atoms with E-state index < -0.39 is 39.1 Å². The molecule has 1 amide bonds. The second kappa shape index (κ2) is 10.00. The van der Waals surface area contributed by atoms with Crippen LogP contribution in [0.5, 0.6) is 0 Å². The van der Waals surface area contributed by atoms with Crippen molar-refractivity contribution in [3.63, 3.8) is 0 Å². The summed E-state index contributed by atoms with van der Waals surface area (Å²) in [4.78, 5) is 12.0. The van der Waals surface area contributed by atoms with Gasteiger partial charge in [-0.3, -0.25) is 9.52 Å². The maximum Gasteiger partial charge on any atom is 0.250 e. The SMILES string of the molecule is CCS(=O)(=O)Nc1cccc(Cc2cc(C(N)=O)c(Nc3ccc(I)cc3F)c(F)c2F)c1. The Balaban J connectivity index is 1.99. The Labute approximate surface area is 202 Å². The van der Waals surface area contributed by atoms with Crippen molar-refractivity contribution in [2.24, 2.45) is 5.73 Å². The Morgan fingerprint density at radius 1 is 1.06 bits per heavy atom. The first kappa shape index (κ1) is 24.8. The van der Waals surface area contributed by atoms with Crippen LogP contribution >= 0.6 is 22.6 Å². The molecule has 0 atom stereocenters. The van der Waals surface area contributed by atoms with Crippen LogP contribution in [-0.2, 0) is 16.4 Å². The van der Waals surface area contributed by atoms with Crippen LogP contribution in [0.3, 0.4) is 0 Å². The number of amides is 1. The molecule has 0 saturated carbocycles. The molecular formula is C22H19F3IN3O3S. The first-order valence-electron chi connectivity index (χ1n) is 9.63. The number of hydrogen-bond donors (Lipinski definition) is 3. The van der Waals surface area contributed by atoms with Gasteiger partial charge in [0.25, 0.3) is 5.91 Å². The van der Waals surface area contributed by atoms with Gasteiger partial charge in [0.1, 0.15) is 5.82 Å². The van der Waals surface area contributed by atoms with E-state index in [-0.39, 0.29) is 34.7 Å². The minimum absolute atomic E-state index is 0.130. The smallest absolute Gasteiger partial charge is 0.250 e. The van der Waals surface area contributed by atoms with Gasteiger partial charge in [-0.1, -0.05) is 12.1 Å². The Kier molecular flexibility index (Phi) is 7.52. The van der Waals surface area contributed by atoms with E-state index in [1.54, 1.807) is 18.2 Å². The van der Waals surface area contributed by atoms with Crippen molar-refractivity contribution in [3.05, 3.63) is 86.2 Å². The van der Waals surface area contributed by atoms with E-state index in [2.05, 4.69) is 10.0 Å². The Morgan fingerprint density at radius 3 is 2.42 bits per heavy atom. The standard InChI is InChI=1S/C22H19F3IN3O3S/c1-2-33(31,32)29-15-5-3-4-12(9-15)8-13-10-16(22(27)30)21(20(25)19(13)24)28-18-7-6-14(26)11-17(18)23/h3-7,9-11,28-29H,2,8H2,1H3,(H2,27,30). The number of carbonyl (C=O) groups excluding carboxylic acids is 1. The van der Waals surface area contributed by atoms with E-state index in [9.17, 15) is 26.4 Å². The fraction of sp³-hybridized carbons (Fsp3) is 0.136. The normalized spacial score (nSPS) is 11.3.